The predicted octanol–water partition coefficient (Wildman–Crippen LogP) is 2.69. The summed E-state index contributed by atoms with van der Waals surface area (Å²) in [6, 6.07) is 5.93. The molecule has 0 radical (unpaired) electrons. The molecule has 0 aliphatic carbocycles. The van der Waals surface area contributed by atoms with Crippen LogP contribution in [0.5, 0.6) is 5.75 Å². The van der Waals surface area contributed by atoms with Crippen molar-refractivity contribution in [1.82, 2.24) is 0 Å². The molecule has 0 amide bonds. The molecule has 19 heavy (non-hydrogen) atoms. The SMILES string of the molecule is CCOC(=O)C(CCBr)Oc1ccccc1[N+](=O)[O-]. The lowest BCUT2D eigenvalue weighted by Crippen LogP contribution is -2.30. The maximum Gasteiger partial charge on any atom is 0.347 e. The first kappa shape index (κ1) is 15.4. The molecule has 0 saturated carbocycles. The Morgan fingerprint density at radius 3 is 2.74 bits per heavy atom. The third-order valence-corrected chi connectivity index (χ3v) is 2.71. The zero-order valence-electron chi connectivity index (χ0n) is 10.4. The average molecular weight is 332 g/mol. The summed E-state index contributed by atoms with van der Waals surface area (Å²) in [5.41, 5.74) is -0.175. The highest BCUT2D eigenvalue weighted by molar-refractivity contribution is 9.09. The van der Waals surface area contributed by atoms with Crippen LogP contribution in [-0.2, 0) is 9.53 Å². The molecule has 1 atom stereocenters. The lowest BCUT2D eigenvalue weighted by molar-refractivity contribution is -0.386. The first-order valence-electron chi connectivity index (χ1n) is 5.72. The summed E-state index contributed by atoms with van der Waals surface area (Å²) >= 11 is 3.21. The minimum Gasteiger partial charge on any atom is -0.471 e. The van der Waals surface area contributed by atoms with Gasteiger partial charge in [0, 0.05) is 17.8 Å². The van der Waals surface area contributed by atoms with Crippen LogP contribution in [0.15, 0.2) is 24.3 Å². The van der Waals surface area contributed by atoms with Crippen LogP contribution in [0, 0.1) is 10.1 Å². The van der Waals surface area contributed by atoms with Crippen molar-refractivity contribution in [3.8, 4) is 5.75 Å². The summed E-state index contributed by atoms with van der Waals surface area (Å²) in [6.45, 7) is 1.92. The van der Waals surface area contributed by atoms with Gasteiger partial charge < -0.3 is 9.47 Å². The number of benzene rings is 1. The van der Waals surface area contributed by atoms with Crippen LogP contribution in [-0.4, -0.2) is 28.9 Å². The Balaban J connectivity index is 2.90. The third kappa shape index (κ3) is 4.51. The number of alkyl halides is 1. The fourth-order valence-corrected chi connectivity index (χ4v) is 1.84. The highest BCUT2D eigenvalue weighted by atomic mass is 79.9. The van der Waals surface area contributed by atoms with E-state index in [-0.39, 0.29) is 18.0 Å². The number of esters is 1. The second-order valence-electron chi connectivity index (χ2n) is 3.56. The highest BCUT2D eigenvalue weighted by Crippen LogP contribution is 2.27. The number of nitro groups is 1. The van der Waals surface area contributed by atoms with E-state index in [4.69, 9.17) is 9.47 Å². The Morgan fingerprint density at radius 2 is 2.16 bits per heavy atom. The Labute approximate surface area is 119 Å². The monoisotopic (exact) mass is 331 g/mol. The molecule has 1 aromatic carbocycles. The van der Waals surface area contributed by atoms with E-state index in [0.717, 1.165) is 0 Å². The first-order chi connectivity index (χ1) is 9.10. The van der Waals surface area contributed by atoms with Gasteiger partial charge in [0.2, 0.25) is 0 Å². The minimum atomic E-state index is -0.861. The Bertz CT molecular complexity index is 452. The number of rotatable bonds is 7. The van der Waals surface area contributed by atoms with Crippen molar-refractivity contribution in [3.05, 3.63) is 34.4 Å². The summed E-state index contributed by atoms with van der Waals surface area (Å²) in [7, 11) is 0. The summed E-state index contributed by atoms with van der Waals surface area (Å²) in [4.78, 5) is 22.0. The van der Waals surface area contributed by atoms with Gasteiger partial charge in [-0.25, -0.2) is 4.79 Å². The van der Waals surface area contributed by atoms with Gasteiger partial charge in [-0.2, -0.15) is 0 Å². The van der Waals surface area contributed by atoms with Gasteiger partial charge in [-0.15, -0.1) is 0 Å². The molecule has 0 heterocycles. The summed E-state index contributed by atoms with van der Waals surface area (Å²) in [6.07, 6.45) is -0.495. The number of hydrogen-bond acceptors (Lipinski definition) is 5. The van der Waals surface area contributed by atoms with Crippen LogP contribution in [0.3, 0.4) is 0 Å². The Kier molecular flexibility index (Phi) is 6.27. The van der Waals surface area contributed by atoms with Crippen molar-refractivity contribution in [2.45, 2.75) is 19.4 Å². The maximum atomic E-state index is 11.7. The molecule has 0 N–H and O–H groups in total. The van der Waals surface area contributed by atoms with Crippen molar-refractivity contribution in [2.75, 3.05) is 11.9 Å². The molecule has 0 fully saturated rings. The van der Waals surface area contributed by atoms with E-state index >= 15 is 0 Å². The normalized spacial score (nSPS) is 11.7. The number of nitrogens with zero attached hydrogens (tertiary/aromatic N) is 1. The third-order valence-electron chi connectivity index (χ3n) is 2.25. The van der Waals surface area contributed by atoms with Gasteiger partial charge in [-0.3, -0.25) is 10.1 Å². The Hall–Kier alpha value is -1.63. The quantitative estimate of drug-likeness (QED) is 0.332. The van der Waals surface area contributed by atoms with E-state index in [9.17, 15) is 14.9 Å². The molecular formula is C12H14BrNO5. The molecule has 1 rings (SSSR count). The van der Waals surface area contributed by atoms with Gasteiger partial charge in [-0.05, 0) is 13.0 Å². The van der Waals surface area contributed by atoms with Gasteiger partial charge in [0.15, 0.2) is 11.9 Å². The fraction of sp³-hybridized carbons (Fsp3) is 0.417. The molecule has 0 bridgehead atoms. The van der Waals surface area contributed by atoms with E-state index in [1.807, 2.05) is 0 Å². The molecule has 0 aliphatic rings. The van der Waals surface area contributed by atoms with Crippen LogP contribution in [0.4, 0.5) is 5.69 Å². The number of hydrogen-bond donors (Lipinski definition) is 0. The second kappa shape index (κ2) is 7.73. The molecule has 0 spiro atoms. The van der Waals surface area contributed by atoms with Crippen LogP contribution in [0.25, 0.3) is 0 Å². The van der Waals surface area contributed by atoms with Crippen LogP contribution in [0.1, 0.15) is 13.3 Å². The fourth-order valence-electron chi connectivity index (χ4n) is 1.42. The Morgan fingerprint density at radius 1 is 1.47 bits per heavy atom. The van der Waals surface area contributed by atoms with E-state index in [2.05, 4.69) is 15.9 Å². The standard InChI is InChI=1S/C12H14BrNO5/c1-2-18-12(15)11(7-8-13)19-10-6-4-3-5-9(10)14(16)17/h3-6,11H,2,7-8H2,1H3. The predicted molar refractivity (Wildman–Crippen MR) is 72.6 cm³/mol. The summed E-state index contributed by atoms with van der Waals surface area (Å²) in [5.74, 6) is -0.466. The molecule has 104 valence electrons. The van der Waals surface area contributed by atoms with E-state index in [1.54, 1.807) is 13.0 Å². The lowest BCUT2D eigenvalue weighted by atomic mass is 10.2. The number of halogens is 1. The molecule has 7 heteroatoms. The molecule has 0 saturated heterocycles. The molecule has 1 aromatic rings. The number of carbonyl (C=O) groups is 1. The van der Waals surface area contributed by atoms with E-state index < -0.39 is 17.0 Å². The highest BCUT2D eigenvalue weighted by Gasteiger charge is 2.24. The molecule has 6 nitrogen and oxygen atoms in total. The summed E-state index contributed by atoms with van der Waals surface area (Å²) < 4.78 is 10.3. The van der Waals surface area contributed by atoms with E-state index in [0.29, 0.717) is 11.8 Å². The van der Waals surface area contributed by atoms with Crippen molar-refractivity contribution in [2.24, 2.45) is 0 Å². The molecular weight excluding hydrogens is 318 g/mol. The zero-order valence-corrected chi connectivity index (χ0v) is 12.0. The van der Waals surface area contributed by atoms with Gasteiger partial charge in [0.25, 0.3) is 0 Å². The van der Waals surface area contributed by atoms with Gasteiger partial charge in [0.1, 0.15) is 0 Å². The van der Waals surface area contributed by atoms with Crippen LogP contribution >= 0.6 is 15.9 Å². The van der Waals surface area contributed by atoms with Crippen LogP contribution < -0.4 is 4.74 Å². The average Bonchev–Trinajstić information content (AvgIpc) is 2.39. The zero-order chi connectivity index (χ0) is 14.3. The number of para-hydroxylation sites is 2. The van der Waals surface area contributed by atoms with Gasteiger partial charge >= 0.3 is 11.7 Å². The minimum absolute atomic E-state index is 0.0616. The van der Waals surface area contributed by atoms with Gasteiger partial charge in [-0.1, -0.05) is 28.1 Å². The van der Waals surface area contributed by atoms with E-state index in [1.165, 1.54) is 18.2 Å². The lowest BCUT2D eigenvalue weighted by Gasteiger charge is -2.16. The smallest absolute Gasteiger partial charge is 0.347 e. The number of nitro benzene ring substituents is 1. The maximum absolute atomic E-state index is 11.7. The largest absolute Gasteiger partial charge is 0.471 e. The van der Waals surface area contributed by atoms with Gasteiger partial charge in [0.05, 0.1) is 11.5 Å². The molecule has 0 aromatic heterocycles. The first-order valence-corrected chi connectivity index (χ1v) is 6.85. The van der Waals surface area contributed by atoms with Crippen molar-refractivity contribution >= 4 is 27.6 Å². The second-order valence-corrected chi connectivity index (χ2v) is 4.35. The van der Waals surface area contributed by atoms with Crippen LogP contribution in [0.2, 0.25) is 0 Å². The van der Waals surface area contributed by atoms with Crippen molar-refractivity contribution < 1.29 is 19.2 Å². The van der Waals surface area contributed by atoms with Crippen molar-refractivity contribution in [1.29, 1.82) is 0 Å². The topological polar surface area (TPSA) is 78.7 Å². The number of ether oxygens (including phenoxy) is 2. The number of carbonyl (C=O) groups excluding carboxylic acids is 1. The summed E-state index contributed by atoms with van der Waals surface area (Å²) in [5, 5.41) is 11.4. The molecule has 0 aliphatic heterocycles. The molecule has 1 unspecified atom stereocenters. The van der Waals surface area contributed by atoms with Crippen molar-refractivity contribution in [3.63, 3.8) is 0 Å².